The molecule has 0 aromatic heterocycles. The van der Waals surface area contributed by atoms with Crippen LogP contribution >= 0.6 is 0 Å². The molecule has 1 aromatic carbocycles. The Bertz CT molecular complexity index is 507. The highest BCUT2D eigenvalue weighted by Gasteiger charge is 2.32. The topological polar surface area (TPSA) is 81.4 Å². The summed E-state index contributed by atoms with van der Waals surface area (Å²) in [5, 5.41) is 0. The molecule has 1 fully saturated rings. The zero-order valence-electron chi connectivity index (χ0n) is 11.0. The number of benzene rings is 1. The van der Waals surface area contributed by atoms with Gasteiger partial charge in [-0.05, 0) is 43.5 Å². The first-order valence-electron chi connectivity index (χ1n) is 6.39. The van der Waals surface area contributed by atoms with Crippen LogP contribution < -0.4 is 10.5 Å². The summed E-state index contributed by atoms with van der Waals surface area (Å²) in [5.41, 5.74) is 6.51. The van der Waals surface area contributed by atoms with Gasteiger partial charge in [-0.25, -0.2) is 13.1 Å². The summed E-state index contributed by atoms with van der Waals surface area (Å²) in [4.78, 5) is 0.300. The van der Waals surface area contributed by atoms with Gasteiger partial charge >= 0.3 is 0 Å². The molecule has 0 amide bonds. The van der Waals surface area contributed by atoms with Crippen LogP contribution in [-0.4, -0.2) is 34.2 Å². The number of nitrogens with two attached hydrogens (primary N) is 1. The van der Waals surface area contributed by atoms with Crippen molar-refractivity contribution in [3.8, 4) is 0 Å². The number of nitrogens with one attached hydrogen (secondary N) is 1. The van der Waals surface area contributed by atoms with Gasteiger partial charge in [0.25, 0.3) is 0 Å². The van der Waals surface area contributed by atoms with Crippen LogP contribution in [0.5, 0.6) is 0 Å². The molecule has 1 aliphatic carbocycles. The molecule has 0 atom stereocenters. The average Bonchev–Trinajstić information content (AvgIpc) is 2.34. The van der Waals surface area contributed by atoms with Crippen LogP contribution in [0.3, 0.4) is 0 Å². The highest BCUT2D eigenvalue weighted by atomic mass is 32.2. The van der Waals surface area contributed by atoms with Crippen LogP contribution in [0.25, 0.3) is 0 Å². The van der Waals surface area contributed by atoms with Crippen molar-refractivity contribution >= 4 is 10.0 Å². The standard InChI is InChI=1S/C13H20N2O3S/c1-18-12-8-11(9-12)15-19(16,17)13-4-2-10(3-5-13)6-7-14/h2-5,11-12,15H,6-9,14H2,1H3. The van der Waals surface area contributed by atoms with Crippen molar-refractivity contribution in [3.05, 3.63) is 29.8 Å². The zero-order valence-corrected chi connectivity index (χ0v) is 11.8. The first kappa shape index (κ1) is 14.5. The lowest BCUT2D eigenvalue weighted by molar-refractivity contribution is 0.0236. The molecule has 0 bridgehead atoms. The highest BCUT2D eigenvalue weighted by Crippen LogP contribution is 2.24. The van der Waals surface area contributed by atoms with Crippen LogP contribution in [0.2, 0.25) is 0 Å². The highest BCUT2D eigenvalue weighted by molar-refractivity contribution is 7.89. The van der Waals surface area contributed by atoms with Gasteiger partial charge < -0.3 is 10.5 Å². The number of rotatable bonds is 6. The lowest BCUT2D eigenvalue weighted by Gasteiger charge is -2.34. The fraction of sp³-hybridized carbons (Fsp3) is 0.538. The molecule has 0 unspecified atom stereocenters. The van der Waals surface area contributed by atoms with E-state index in [0.717, 1.165) is 24.8 Å². The van der Waals surface area contributed by atoms with Crippen LogP contribution in [0.1, 0.15) is 18.4 Å². The number of sulfonamides is 1. The minimum Gasteiger partial charge on any atom is -0.381 e. The molecular formula is C13H20N2O3S. The Kier molecular flexibility index (Phi) is 4.57. The van der Waals surface area contributed by atoms with Crippen molar-refractivity contribution in [2.24, 2.45) is 5.73 Å². The average molecular weight is 284 g/mol. The maximum atomic E-state index is 12.1. The van der Waals surface area contributed by atoms with Gasteiger partial charge in [0.2, 0.25) is 10.0 Å². The van der Waals surface area contributed by atoms with Crippen LogP contribution in [0, 0.1) is 0 Å². The molecule has 2 rings (SSSR count). The first-order chi connectivity index (χ1) is 9.05. The van der Waals surface area contributed by atoms with Gasteiger partial charge in [-0.3, -0.25) is 0 Å². The van der Waals surface area contributed by atoms with Gasteiger partial charge in [0, 0.05) is 13.2 Å². The summed E-state index contributed by atoms with van der Waals surface area (Å²) in [7, 11) is -1.78. The number of ether oxygens (including phenoxy) is 1. The van der Waals surface area contributed by atoms with Gasteiger partial charge in [0.05, 0.1) is 11.0 Å². The molecule has 1 aromatic rings. The van der Waals surface area contributed by atoms with Gasteiger partial charge in [-0.15, -0.1) is 0 Å². The number of hydrogen-bond acceptors (Lipinski definition) is 4. The molecule has 5 nitrogen and oxygen atoms in total. The van der Waals surface area contributed by atoms with Gasteiger partial charge in [-0.2, -0.15) is 0 Å². The van der Waals surface area contributed by atoms with Gasteiger partial charge in [0.1, 0.15) is 0 Å². The maximum Gasteiger partial charge on any atom is 0.240 e. The van der Waals surface area contributed by atoms with Gasteiger partial charge in [0.15, 0.2) is 0 Å². The molecule has 3 N–H and O–H groups in total. The van der Waals surface area contributed by atoms with Crippen LogP contribution in [0.4, 0.5) is 0 Å². The third-order valence-electron chi connectivity index (χ3n) is 3.42. The zero-order chi connectivity index (χ0) is 13.9. The molecular weight excluding hydrogens is 264 g/mol. The SMILES string of the molecule is COC1CC(NS(=O)(=O)c2ccc(CCN)cc2)C1. The Morgan fingerprint density at radius 1 is 1.32 bits per heavy atom. The van der Waals surface area contributed by atoms with Crippen molar-refractivity contribution in [1.29, 1.82) is 0 Å². The predicted octanol–water partition coefficient (Wildman–Crippen LogP) is 0.644. The smallest absolute Gasteiger partial charge is 0.240 e. The molecule has 0 spiro atoms. The summed E-state index contributed by atoms with van der Waals surface area (Å²) in [6, 6.07) is 6.85. The fourth-order valence-corrected chi connectivity index (χ4v) is 3.41. The van der Waals surface area contributed by atoms with E-state index >= 15 is 0 Å². The Morgan fingerprint density at radius 3 is 2.47 bits per heavy atom. The molecule has 1 aliphatic rings. The second-order valence-electron chi connectivity index (χ2n) is 4.83. The molecule has 19 heavy (non-hydrogen) atoms. The van der Waals surface area contributed by atoms with Crippen molar-refractivity contribution in [2.75, 3.05) is 13.7 Å². The second kappa shape index (κ2) is 6.00. The van der Waals surface area contributed by atoms with E-state index < -0.39 is 10.0 Å². The van der Waals surface area contributed by atoms with E-state index in [-0.39, 0.29) is 12.1 Å². The van der Waals surface area contributed by atoms with Crippen molar-refractivity contribution in [1.82, 2.24) is 4.72 Å². The first-order valence-corrected chi connectivity index (χ1v) is 7.87. The molecule has 0 aliphatic heterocycles. The molecule has 6 heteroatoms. The van der Waals surface area contributed by atoms with E-state index in [2.05, 4.69) is 4.72 Å². The third-order valence-corrected chi connectivity index (χ3v) is 4.95. The largest absolute Gasteiger partial charge is 0.381 e. The minimum atomic E-state index is -3.42. The maximum absolute atomic E-state index is 12.1. The molecule has 0 saturated heterocycles. The van der Waals surface area contributed by atoms with Crippen molar-refractivity contribution in [3.63, 3.8) is 0 Å². The third kappa shape index (κ3) is 3.54. The van der Waals surface area contributed by atoms with E-state index in [9.17, 15) is 8.42 Å². The van der Waals surface area contributed by atoms with E-state index in [4.69, 9.17) is 10.5 Å². The Balaban J connectivity index is 1.99. The summed E-state index contributed by atoms with van der Waals surface area (Å²) in [5.74, 6) is 0. The van der Waals surface area contributed by atoms with E-state index in [0.29, 0.717) is 11.4 Å². The number of methoxy groups -OCH3 is 1. The van der Waals surface area contributed by atoms with E-state index in [1.54, 1.807) is 31.4 Å². The quantitative estimate of drug-likeness (QED) is 0.803. The summed E-state index contributed by atoms with van der Waals surface area (Å²) in [6.45, 7) is 0.560. The Hall–Kier alpha value is -0.950. The minimum absolute atomic E-state index is 0.0151. The molecule has 106 valence electrons. The van der Waals surface area contributed by atoms with Gasteiger partial charge in [-0.1, -0.05) is 12.1 Å². The van der Waals surface area contributed by atoms with Crippen LogP contribution in [0.15, 0.2) is 29.2 Å². The lowest BCUT2D eigenvalue weighted by Crippen LogP contribution is -2.47. The summed E-state index contributed by atoms with van der Waals surface area (Å²) in [6.07, 6.45) is 2.41. The Morgan fingerprint density at radius 2 is 1.95 bits per heavy atom. The van der Waals surface area contributed by atoms with Crippen molar-refractivity contribution < 1.29 is 13.2 Å². The Labute approximate surface area is 114 Å². The lowest BCUT2D eigenvalue weighted by atomic mass is 9.90. The summed E-state index contributed by atoms with van der Waals surface area (Å²) < 4.78 is 32.1. The molecule has 0 heterocycles. The van der Waals surface area contributed by atoms with E-state index in [1.165, 1.54) is 0 Å². The summed E-state index contributed by atoms with van der Waals surface area (Å²) >= 11 is 0. The van der Waals surface area contributed by atoms with E-state index in [1.807, 2.05) is 0 Å². The van der Waals surface area contributed by atoms with Crippen LogP contribution in [-0.2, 0) is 21.2 Å². The number of hydrogen-bond donors (Lipinski definition) is 2. The predicted molar refractivity (Wildman–Crippen MR) is 73.3 cm³/mol. The van der Waals surface area contributed by atoms with Crippen molar-refractivity contribution in [2.45, 2.75) is 36.3 Å². The molecule has 1 saturated carbocycles. The second-order valence-corrected chi connectivity index (χ2v) is 6.54. The normalized spacial score (nSPS) is 23.1. The monoisotopic (exact) mass is 284 g/mol. The molecule has 0 radical (unpaired) electrons. The fourth-order valence-electron chi connectivity index (χ4n) is 2.14.